The van der Waals surface area contributed by atoms with E-state index in [1.807, 2.05) is 12.1 Å². The molecule has 0 saturated carbocycles. The van der Waals surface area contributed by atoms with Gasteiger partial charge >= 0.3 is 0 Å². The third-order valence-electron chi connectivity index (χ3n) is 2.69. The largest absolute Gasteiger partial charge is 0.485 e. The van der Waals surface area contributed by atoms with Crippen LogP contribution in [0.1, 0.15) is 0 Å². The average molecular weight is 242 g/mol. The van der Waals surface area contributed by atoms with Crippen molar-refractivity contribution in [2.24, 2.45) is 0 Å². The van der Waals surface area contributed by atoms with E-state index < -0.39 is 13.0 Å². The molecule has 0 radical (unpaired) electrons. The molecule has 0 atom stereocenters. The molecule has 1 fully saturated rings. The molecule has 0 unspecified atom stereocenters. The number of benzene rings is 1. The van der Waals surface area contributed by atoms with E-state index in [0.717, 1.165) is 31.9 Å². The fourth-order valence-corrected chi connectivity index (χ4v) is 1.90. The fourth-order valence-electron chi connectivity index (χ4n) is 1.90. The molecule has 0 amide bonds. The summed E-state index contributed by atoms with van der Waals surface area (Å²) in [7, 11) is 0. The van der Waals surface area contributed by atoms with E-state index in [0.29, 0.717) is 5.75 Å². The molecule has 1 N–H and O–H groups in total. The maximum Gasteiger partial charge on any atom is 0.272 e. The number of hydrogen-bond donors (Lipinski definition) is 1. The second kappa shape index (κ2) is 5.82. The van der Waals surface area contributed by atoms with Gasteiger partial charge in [0.05, 0.1) is 5.69 Å². The lowest BCUT2D eigenvalue weighted by Crippen LogP contribution is -2.43. The quantitative estimate of drug-likeness (QED) is 0.870. The molecule has 0 aliphatic carbocycles. The zero-order chi connectivity index (χ0) is 12.1. The predicted octanol–water partition coefficient (Wildman–Crippen LogP) is 1.74. The van der Waals surface area contributed by atoms with Gasteiger partial charge in [-0.15, -0.1) is 0 Å². The summed E-state index contributed by atoms with van der Waals surface area (Å²) in [6.45, 7) is 3.00. The number of para-hydroxylation sites is 2. The molecule has 5 heteroatoms. The number of halogens is 2. The van der Waals surface area contributed by atoms with Gasteiger partial charge in [-0.05, 0) is 12.1 Å². The number of nitrogens with one attached hydrogen (secondary N) is 1. The lowest BCUT2D eigenvalue weighted by molar-refractivity contribution is 0.0821. The molecule has 1 aromatic rings. The number of rotatable bonds is 4. The lowest BCUT2D eigenvalue weighted by atomic mass is 10.2. The number of hydrogen-bond acceptors (Lipinski definition) is 3. The van der Waals surface area contributed by atoms with Crippen molar-refractivity contribution in [3.63, 3.8) is 0 Å². The van der Waals surface area contributed by atoms with Gasteiger partial charge in [-0.2, -0.15) is 0 Å². The van der Waals surface area contributed by atoms with E-state index in [-0.39, 0.29) is 0 Å². The van der Waals surface area contributed by atoms with Crippen molar-refractivity contribution in [2.45, 2.75) is 6.43 Å². The predicted molar refractivity (Wildman–Crippen MR) is 63.0 cm³/mol. The van der Waals surface area contributed by atoms with E-state index in [1.165, 1.54) is 0 Å². The molecule has 94 valence electrons. The Hall–Kier alpha value is -1.36. The van der Waals surface area contributed by atoms with Crippen LogP contribution in [0.15, 0.2) is 24.3 Å². The monoisotopic (exact) mass is 242 g/mol. The molecule has 0 bridgehead atoms. The van der Waals surface area contributed by atoms with Crippen molar-refractivity contribution in [1.29, 1.82) is 0 Å². The van der Waals surface area contributed by atoms with Crippen molar-refractivity contribution in [3.05, 3.63) is 24.3 Å². The highest BCUT2D eigenvalue weighted by Gasteiger charge is 2.15. The van der Waals surface area contributed by atoms with Crippen LogP contribution in [-0.2, 0) is 0 Å². The zero-order valence-electron chi connectivity index (χ0n) is 9.53. The summed E-state index contributed by atoms with van der Waals surface area (Å²) in [6.07, 6.45) is -2.44. The molecule has 3 nitrogen and oxygen atoms in total. The maximum atomic E-state index is 12.1. The van der Waals surface area contributed by atoms with Gasteiger partial charge < -0.3 is 15.0 Å². The van der Waals surface area contributed by atoms with Crippen LogP contribution in [0.25, 0.3) is 0 Å². The summed E-state index contributed by atoms with van der Waals surface area (Å²) in [5.74, 6) is 0.537. The Bertz CT molecular complexity index is 354. The second-order valence-electron chi connectivity index (χ2n) is 3.91. The first kappa shape index (κ1) is 12.1. The van der Waals surface area contributed by atoms with Gasteiger partial charge in [-0.1, -0.05) is 12.1 Å². The van der Waals surface area contributed by atoms with Gasteiger partial charge in [0.15, 0.2) is 0 Å². The van der Waals surface area contributed by atoms with E-state index in [4.69, 9.17) is 4.74 Å². The van der Waals surface area contributed by atoms with Crippen LogP contribution in [0.2, 0.25) is 0 Å². The molecule has 17 heavy (non-hydrogen) atoms. The van der Waals surface area contributed by atoms with Gasteiger partial charge in [0.2, 0.25) is 0 Å². The highest BCUT2D eigenvalue weighted by molar-refractivity contribution is 5.58. The number of anilines is 1. The van der Waals surface area contributed by atoms with Crippen molar-refractivity contribution < 1.29 is 13.5 Å². The van der Waals surface area contributed by atoms with Crippen molar-refractivity contribution in [3.8, 4) is 5.75 Å². The summed E-state index contributed by atoms with van der Waals surface area (Å²) in [4.78, 5) is 2.15. The Morgan fingerprint density at radius 1 is 1.24 bits per heavy atom. The second-order valence-corrected chi connectivity index (χ2v) is 3.91. The van der Waals surface area contributed by atoms with E-state index in [2.05, 4.69) is 10.2 Å². The Morgan fingerprint density at radius 3 is 2.65 bits per heavy atom. The molecular weight excluding hydrogens is 226 g/mol. The number of piperazine rings is 1. The van der Waals surface area contributed by atoms with E-state index in [9.17, 15) is 8.78 Å². The normalized spacial score (nSPS) is 16.3. The molecule has 0 spiro atoms. The Morgan fingerprint density at radius 2 is 1.94 bits per heavy atom. The Balaban J connectivity index is 2.09. The molecule has 1 heterocycles. The van der Waals surface area contributed by atoms with Crippen molar-refractivity contribution in [2.75, 3.05) is 37.7 Å². The Labute approximate surface area is 99.4 Å². The minimum absolute atomic E-state index is 0.537. The summed E-state index contributed by atoms with van der Waals surface area (Å²) < 4.78 is 29.4. The molecule has 0 aromatic heterocycles. The first-order valence-corrected chi connectivity index (χ1v) is 5.73. The molecular formula is C12H16F2N2O. The third-order valence-corrected chi connectivity index (χ3v) is 2.69. The summed E-state index contributed by atoms with van der Waals surface area (Å²) in [5.41, 5.74) is 0.898. The molecule has 1 aliphatic heterocycles. The fraction of sp³-hybridized carbons (Fsp3) is 0.500. The lowest BCUT2D eigenvalue weighted by Gasteiger charge is -2.30. The number of nitrogens with zero attached hydrogens (tertiary/aromatic N) is 1. The molecule has 1 aromatic carbocycles. The van der Waals surface area contributed by atoms with Crippen LogP contribution >= 0.6 is 0 Å². The highest BCUT2D eigenvalue weighted by Crippen LogP contribution is 2.28. The first-order chi connectivity index (χ1) is 8.27. The van der Waals surface area contributed by atoms with Crippen LogP contribution in [0.4, 0.5) is 14.5 Å². The Kier molecular flexibility index (Phi) is 4.14. The standard InChI is InChI=1S/C12H16F2N2O/c13-12(14)9-17-11-4-2-1-3-10(11)16-7-5-15-6-8-16/h1-4,12,15H,5-9H2. The van der Waals surface area contributed by atoms with Crippen LogP contribution in [0.5, 0.6) is 5.75 Å². The zero-order valence-corrected chi connectivity index (χ0v) is 9.53. The van der Waals surface area contributed by atoms with Crippen LogP contribution in [0, 0.1) is 0 Å². The molecule has 1 aliphatic rings. The maximum absolute atomic E-state index is 12.1. The summed E-state index contributed by atoms with van der Waals surface area (Å²) >= 11 is 0. The van der Waals surface area contributed by atoms with Gasteiger partial charge in [-0.25, -0.2) is 8.78 Å². The average Bonchev–Trinajstić information content (AvgIpc) is 2.38. The van der Waals surface area contributed by atoms with Crippen LogP contribution < -0.4 is 15.0 Å². The van der Waals surface area contributed by atoms with E-state index >= 15 is 0 Å². The van der Waals surface area contributed by atoms with Gasteiger partial charge in [0, 0.05) is 26.2 Å². The SMILES string of the molecule is FC(F)COc1ccccc1N1CCNCC1. The topological polar surface area (TPSA) is 24.5 Å². The first-order valence-electron chi connectivity index (χ1n) is 5.73. The minimum atomic E-state index is -2.44. The van der Waals surface area contributed by atoms with Crippen LogP contribution in [0.3, 0.4) is 0 Å². The highest BCUT2D eigenvalue weighted by atomic mass is 19.3. The minimum Gasteiger partial charge on any atom is -0.485 e. The third kappa shape index (κ3) is 3.30. The van der Waals surface area contributed by atoms with Crippen LogP contribution in [-0.4, -0.2) is 39.2 Å². The van der Waals surface area contributed by atoms with E-state index in [1.54, 1.807) is 12.1 Å². The smallest absolute Gasteiger partial charge is 0.272 e. The number of alkyl halides is 2. The van der Waals surface area contributed by atoms with Crippen molar-refractivity contribution in [1.82, 2.24) is 5.32 Å². The van der Waals surface area contributed by atoms with Crippen molar-refractivity contribution >= 4 is 5.69 Å². The van der Waals surface area contributed by atoms with Gasteiger partial charge in [0.1, 0.15) is 12.4 Å². The molecule has 2 rings (SSSR count). The van der Waals surface area contributed by atoms with Gasteiger partial charge in [0.25, 0.3) is 6.43 Å². The number of ether oxygens (including phenoxy) is 1. The molecule has 1 saturated heterocycles. The summed E-state index contributed by atoms with van der Waals surface area (Å²) in [6, 6.07) is 7.34. The summed E-state index contributed by atoms with van der Waals surface area (Å²) in [5, 5.41) is 3.25. The van der Waals surface area contributed by atoms with Gasteiger partial charge in [-0.3, -0.25) is 0 Å².